The van der Waals surface area contributed by atoms with E-state index in [2.05, 4.69) is 0 Å². The number of carbonyl (C=O) groups is 3. The maximum atomic E-state index is 11.4. The molecule has 2 unspecified atom stereocenters. The summed E-state index contributed by atoms with van der Waals surface area (Å²) in [5.74, 6) is -4.61. The lowest BCUT2D eigenvalue weighted by atomic mass is 10.3. The molecule has 4 N–H and O–H groups in total. The van der Waals surface area contributed by atoms with Gasteiger partial charge < -0.3 is 20.2 Å². The largest absolute Gasteiger partial charge is 0.481 e. The quantitative estimate of drug-likeness (QED) is 0.450. The van der Waals surface area contributed by atoms with Gasteiger partial charge in [-0.3, -0.25) is 18.9 Å². The molecule has 0 rings (SSSR count). The van der Waals surface area contributed by atoms with E-state index in [-0.39, 0.29) is 0 Å². The first-order valence-electron chi connectivity index (χ1n) is 4.14. The van der Waals surface area contributed by atoms with E-state index in [0.717, 1.165) is 0 Å². The number of hydrogen-bond acceptors (Lipinski definition) is 4. The van der Waals surface area contributed by atoms with E-state index in [0.29, 0.717) is 0 Å². The molecule has 0 amide bonds. The maximum Gasteiger partial charge on any atom is 0.316 e. The summed E-state index contributed by atoms with van der Waals surface area (Å²) in [4.78, 5) is 40.3. The second kappa shape index (κ2) is 5.62. The highest BCUT2D eigenvalue weighted by Gasteiger charge is 2.38. The van der Waals surface area contributed by atoms with Crippen LogP contribution in [0.15, 0.2) is 0 Å². The number of rotatable bonds is 7. The number of aliphatic carboxylic acids is 3. The molecule has 16 heavy (non-hydrogen) atoms. The number of carboxylic acid groups (broad SMARTS) is 3. The molecule has 0 aromatic carbocycles. The Morgan fingerprint density at radius 1 is 1.06 bits per heavy atom. The van der Waals surface area contributed by atoms with Crippen molar-refractivity contribution in [2.24, 2.45) is 0 Å². The molecule has 0 bridgehead atoms. The van der Waals surface area contributed by atoms with Crippen LogP contribution in [-0.4, -0.2) is 49.9 Å². The van der Waals surface area contributed by atoms with Crippen LogP contribution in [-0.2, 0) is 18.9 Å². The molecule has 0 saturated carbocycles. The van der Waals surface area contributed by atoms with E-state index >= 15 is 0 Å². The molecule has 0 fully saturated rings. The highest BCUT2D eigenvalue weighted by atomic mass is 31.2. The Kier molecular flexibility index (Phi) is 5.13. The zero-order valence-corrected chi connectivity index (χ0v) is 8.96. The van der Waals surface area contributed by atoms with Gasteiger partial charge in [-0.05, 0) is 0 Å². The molecule has 0 aliphatic carbocycles. The van der Waals surface area contributed by atoms with Gasteiger partial charge in [-0.2, -0.15) is 0 Å². The van der Waals surface area contributed by atoms with Crippen molar-refractivity contribution >= 4 is 25.3 Å². The van der Waals surface area contributed by atoms with Crippen LogP contribution < -0.4 is 0 Å². The van der Waals surface area contributed by atoms with Crippen LogP contribution in [0.1, 0.15) is 12.8 Å². The molecule has 8 nitrogen and oxygen atoms in total. The van der Waals surface area contributed by atoms with Crippen molar-refractivity contribution in [2.75, 3.05) is 6.16 Å². The van der Waals surface area contributed by atoms with Crippen molar-refractivity contribution in [3.05, 3.63) is 0 Å². The van der Waals surface area contributed by atoms with Gasteiger partial charge in [0.15, 0.2) is 0 Å². The lowest BCUT2D eigenvalue weighted by Gasteiger charge is -2.16. The summed E-state index contributed by atoms with van der Waals surface area (Å²) in [5, 5.41) is 25.2. The Balaban J connectivity index is 4.75. The first-order valence-corrected chi connectivity index (χ1v) is 6.06. The van der Waals surface area contributed by atoms with Gasteiger partial charge in [0.05, 0.1) is 12.8 Å². The number of hydrogen-bond donors (Lipinski definition) is 4. The van der Waals surface area contributed by atoms with Crippen molar-refractivity contribution in [1.29, 1.82) is 0 Å². The van der Waals surface area contributed by atoms with Gasteiger partial charge in [-0.1, -0.05) is 0 Å². The van der Waals surface area contributed by atoms with Crippen molar-refractivity contribution in [3.8, 4) is 0 Å². The third-order valence-electron chi connectivity index (χ3n) is 1.79. The fourth-order valence-electron chi connectivity index (χ4n) is 0.980. The predicted molar refractivity (Wildman–Crippen MR) is 50.6 cm³/mol. The minimum atomic E-state index is -4.33. The van der Waals surface area contributed by atoms with E-state index in [9.17, 15) is 23.8 Å². The van der Waals surface area contributed by atoms with Crippen LogP contribution in [0.2, 0.25) is 0 Å². The average Bonchev–Trinajstić information content (AvgIpc) is 2.10. The zero-order valence-electron chi connectivity index (χ0n) is 8.07. The van der Waals surface area contributed by atoms with Gasteiger partial charge in [-0.25, -0.2) is 0 Å². The molecule has 0 aromatic rings. The van der Waals surface area contributed by atoms with Crippen LogP contribution in [0.25, 0.3) is 0 Å². The predicted octanol–water partition coefficient (Wildman–Crippen LogP) is -0.341. The zero-order chi connectivity index (χ0) is 12.9. The summed E-state index contributed by atoms with van der Waals surface area (Å²) in [6, 6.07) is 0. The van der Waals surface area contributed by atoms with Crippen LogP contribution in [0, 0.1) is 0 Å². The summed E-state index contributed by atoms with van der Waals surface area (Å²) >= 11 is 0. The molecule has 0 aromatic heterocycles. The monoisotopic (exact) mass is 254 g/mol. The topological polar surface area (TPSA) is 149 Å². The Morgan fingerprint density at radius 3 is 1.88 bits per heavy atom. The van der Waals surface area contributed by atoms with Crippen molar-refractivity contribution < 1.29 is 39.2 Å². The molecule has 92 valence electrons. The Labute approximate surface area is 90.0 Å². The molecule has 2 atom stereocenters. The van der Waals surface area contributed by atoms with E-state index in [1.807, 2.05) is 0 Å². The first-order chi connectivity index (χ1) is 7.16. The molecular formula is C7H11O8P. The van der Waals surface area contributed by atoms with Crippen LogP contribution in [0.4, 0.5) is 0 Å². The van der Waals surface area contributed by atoms with Gasteiger partial charge in [0, 0.05) is 6.16 Å². The molecular weight excluding hydrogens is 243 g/mol. The standard InChI is InChI=1S/C7H11O8P/c8-5(9)1-2-16(14,15)4(7(12)13)3-6(10)11/h4H,1-3H2,(H,8,9)(H,10,11)(H,12,13)(H,14,15). The fraction of sp³-hybridized carbons (Fsp3) is 0.571. The van der Waals surface area contributed by atoms with Gasteiger partial charge in [0.1, 0.15) is 5.66 Å². The van der Waals surface area contributed by atoms with Crippen LogP contribution in [0.3, 0.4) is 0 Å². The molecule has 0 spiro atoms. The highest BCUT2D eigenvalue weighted by Crippen LogP contribution is 2.48. The molecule has 0 saturated heterocycles. The smallest absolute Gasteiger partial charge is 0.316 e. The van der Waals surface area contributed by atoms with Crippen LogP contribution in [0.5, 0.6) is 0 Å². The second-order valence-electron chi connectivity index (χ2n) is 3.07. The van der Waals surface area contributed by atoms with Gasteiger partial charge in [-0.15, -0.1) is 0 Å². The molecule has 0 aliphatic rings. The number of carboxylic acids is 3. The second-order valence-corrected chi connectivity index (χ2v) is 5.66. The summed E-state index contributed by atoms with van der Waals surface area (Å²) in [6.07, 6.45) is -2.45. The van der Waals surface area contributed by atoms with E-state index in [1.165, 1.54) is 0 Å². The Morgan fingerprint density at radius 2 is 1.56 bits per heavy atom. The summed E-state index contributed by atoms with van der Waals surface area (Å²) < 4.78 is 11.4. The Bertz CT molecular complexity index is 348. The third-order valence-corrected chi connectivity index (χ3v) is 4.03. The van der Waals surface area contributed by atoms with E-state index < -0.39 is 49.9 Å². The maximum absolute atomic E-state index is 11.4. The highest BCUT2D eigenvalue weighted by molar-refractivity contribution is 7.59. The summed E-state index contributed by atoms with van der Waals surface area (Å²) in [6.45, 7) is 0. The third kappa shape index (κ3) is 4.90. The normalized spacial score (nSPS) is 16.1. The molecule has 0 radical (unpaired) electrons. The van der Waals surface area contributed by atoms with Gasteiger partial charge in [0.25, 0.3) is 0 Å². The average molecular weight is 254 g/mol. The van der Waals surface area contributed by atoms with E-state index in [1.54, 1.807) is 0 Å². The van der Waals surface area contributed by atoms with Crippen molar-refractivity contribution in [2.45, 2.75) is 18.5 Å². The Hall–Kier alpha value is -1.40. The molecule has 0 aliphatic heterocycles. The molecule has 0 heterocycles. The lowest BCUT2D eigenvalue weighted by Crippen LogP contribution is -2.25. The van der Waals surface area contributed by atoms with Crippen molar-refractivity contribution in [1.82, 2.24) is 0 Å². The lowest BCUT2D eigenvalue weighted by molar-refractivity contribution is -0.143. The molecule has 9 heteroatoms. The SMILES string of the molecule is O=C(O)CCP(=O)(O)C(CC(=O)O)C(=O)O. The van der Waals surface area contributed by atoms with Gasteiger partial charge in [0.2, 0.25) is 7.37 Å². The first kappa shape index (κ1) is 14.6. The summed E-state index contributed by atoms with van der Waals surface area (Å²) in [7, 11) is -4.33. The summed E-state index contributed by atoms with van der Waals surface area (Å²) in [5.41, 5.74) is -1.97. The van der Waals surface area contributed by atoms with E-state index in [4.69, 9.17) is 15.3 Å². The van der Waals surface area contributed by atoms with Crippen LogP contribution >= 0.6 is 7.37 Å². The van der Waals surface area contributed by atoms with Gasteiger partial charge >= 0.3 is 17.9 Å². The minimum Gasteiger partial charge on any atom is -0.481 e. The van der Waals surface area contributed by atoms with Crippen molar-refractivity contribution in [3.63, 3.8) is 0 Å². The minimum absolute atomic E-state index is 0.683. The fourth-order valence-corrected chi connectivity index (χ4v) is 2.59.